The summed E-state index contributed by atoms with van der Waals surface area (Å²) in [6, 6.07) is 17.9. The minimum atomic E-state index is 0.644. The van der Waals surface area contributed by atoms with E-state index in [9.17, 15) is 0 Å². The lowest BCUT2D eigenvalue weighted by molar-refractivity contribution is 0.628. The topological polar surface area (TPSA) is 61.6 Å². The van der Waals surface area contributed by atoms with Gasteiger partial charge < -0.3 is 5.32 Å². The predicted octanol–water partition coefficient (Wildman–Crippen LogP) is 3.64. The molecule has 4 rings (SSSR count). The summed E-state index contributed by atoms with van der Waals surface area (Å²) in [6.07, 6.45) is 0.903. The van der Waals surface area contributed by atoms with Crippen molar-refractivity contribution in [2.24, 2.45) is 0 Å². The van der Waals surface area contributed by atoms with Gasteiger partial charge in [0, 0.05) is 36.2 Å². The second kappa shape index (κ2) is 6.46. The van der Waals surface area contributed by atoms with Gasteiger partial charge in [-0.25, -0.2) is 9.97 Å². The minimum Gasteiger partial charge on any atom is -0.312 e. The Labute approximate surface area is 147 Å². The third-order valence-electron chi connectivity index (χ3n) is 4.61. The average Bonchev–Trinajstić information content (AvgIpc) is 2.68. The van der Waals surface area contributed by atoms with Crippen LogP contribution in [0.15, 0.2) is 48.5 Å². The van der Waals surface area contributed by atoms with Crippen molar-refractivity contribution >= 4 is 0 Å². The maximum Gasteiger partial charge on any atom is 0.160 e. The van der Waals surface area contributed by atoms with Crippen molar-refractivity contribution in [1.82, 2.24) is 15.3 Å². The molecule has 4 heteroatoms. The zero-order valence-electron chi connectivity index (χ0n) is 14.1. The number of hydrogen-bond acceptors (Lipinski definition) is 4. The molecule has 0 fully saturated rings. The van der Waals surface area contributed by atoms with Gasteiger partial charge in [-0.05, 0) is 36.8 Å². The second-order valence-corrected chi connectivity index (χ2v) is 6.25. The summed E-state index contributed by atoms with van der Waals surface area (Å²) >= 11 is 0. The molecule has 1 N–H and O–H groups in total. The number of benzene rings is 2. The highest BCUT2D eigenvalue weighted by Crippen LogP contribution is 2.30. The fourth-order valence-electron chi connectivity index (χ4n) is 3.23. The molecule has 0 unspecified atom stereocenters. The van der Waals surface area contributed by atoms with Crippen LogP contribution in [-0.4, -0.2) is 16.5 Å². The van der Waals surface area contributed by atoms with Crippen LogP contribution in [0.5, 0.6) is 0 Å². The highest BCUT2D eigenvalue weighted by molar-refractivity contribution is 5.70. The van der Waals surface area contributed by atoms with E-state index < -0.39 is 0 Å². The van der Waals surface area contributed by atoms with E-state index in [2.05, 4.69) is 36.5 Å². The van der Waals surface area contributed by atoms with Crippen molar-refractivity contribution in [3.05, 3.63) is 70.9 Å². The largest absolute Gasteiger partial charge is 0.312 e. The first-order chi connectivity index (χ1) is 12.3. The summed E-state index contributed by atoms with van der Waals surface area (Å²) in [7, 11) is 0. The zero-order valence-corrected chi connectivity index (χ0v) is 14.1. The van der Waals surface area contributed by atoms with Gasteiger partial charge >= 0.3 is 0 Å². The van der Waals surface area contributed by atoms with Crippen LogP contribution in [0.4, 0.5) is 0 Å². The molecule has 4 nitrogen and oxygen atoms in total. The third kappa shape index (κ3) is 2.90. The number of nitriles is 1. The Kier molecular flexibility index (Phi) is 4.01. The van der Waals surface area contributed by atoms with E-state index >= 15 is 0 Å². The number of rotatable bonds is 2. The number of aromatic nitrogens is 2. The van der Waals surface area contributed by atoms with Crippen LogP contribution in [0.3, 0.4) is 0 Å². The number of aryl methyl sites for hydroxylation is 1. The molecule has 25 heavy (non-hydrogen) atoms. The van der Waals surface area contributed by atoms with Crippen molar-refractivity contribution < 1.29 is 0 Å². The minimum absolute atomic E-state index is 0.644. The van der Waals surface area contributed by atoms with E-state index in [1.165, 1.54) is 11.1 Å². The van der Waals surface area contributed by atoms with E-state index in [1.54, 1.807) is 0 Å². The molecule has 0 atom stereocenters. The molecule has 0 amide bonds. The van der Waals surface area contributed by atoms with Crippen LogP contribution in [0.2, 0.25) is 0 Å². The van der Waals surface area contributed by atoms with Crippen LogP contribution in [0.1, 0.15) is 22.4 Å². The first kappa shape index (κ1) is 15.5. The van der Waals surface area contributed by atoms with E-state index in [4.69, 9.17) is 15.2 Å². The third-order valence-corrected chi connectivity index (χ3v) is 4.61. The lowest BCUT2D eigenvalue weighted by Gasteiger charge is -2.21. The number of hydrogen-bond donors (Lipinski definition) is 1. The SMILES string of the molecule is Cc1ccccc1-c1nc(-c2ccc(C#N)cc2)nc2c1CNCC2. The molecule has 0 aliphatic carbocycles. The Morgan fingerprint density at radius 2 is 1.84 bits per heavy atom. The molecule has 1 aromatic heterocycles. The van der Waals surface area contributed by atoms with Crippen LogP contribution in [-0.2, 0) is 13.0 Å². The monoisotopic (exact) mass is 326 g/mol. The fraction of sp³-hybridized carbons (Fsp3) is 0.190. The Balaban J connectivity index is 1.91. The maximum absolute atomic E-state index is 8.99. The van der Waals surface area contributed by atoms with E-state index in [0.29, 0.717) is 5.56 Å². The van der Waals surface area contributed by atoms with Gasteiger partial charge in [0.05, 0.1) is 23.0 Å². The van der Waals surface area contributed by atoms with Crippen molar-refractivity contribution in [2.45, 2.75) is 19.9 Å². The molecular formula is C21H18N4. The summed E-state index contributed by atoms with van der Waals surface area (Å²) in [4.78, 5) is 9.73. The molecule has 1 aliphatic heterocycles. The summed E-state index contributed by atoms with van der Waals surface area (Å²) in [6.45, 7) is 3.85. The molecule has 0 saturated carbocycles. The van der Waals surface area contributed by atoms with E-state index in [-0.39, 0.29) is 0 Å². The Hall–Kier alpha value is -3.03. The fourth-order valence-corrected chi connectivity index (χ4v) is 3.23. The van der Waals surface area contributed by atoms with E-state index in [0.717, 1.165) is 47.8 Å². The molecule has 1 aliphatic rings. The van der Waals surface area contributed by atoms with Gasteiger partial charge in [-0.2, -0.15) is 5.26 Å². The Bertz CT molecular complexity index is 968. The van der Waals surface area contributed by atoms with Crippen LogP contribution < -0.4 is 5.32 Å². The maximum atomic E-state index is 8.99. The van der Waals surface area contributed by atoms with Crippen molar-refractivity contribution in [1.29, 1.82) is 5.26 Å². The Morgan fingerprint density at radius 1 is 1.04 bits per heavy atom. The number of fused-ring (bicyclic) bond motifs is 1. The first-order valence-electron chi connectivity index (χ1n) is 8.43. The smallest absolute Gasteiger partial charge is 0.160 e. The van der Waals surface area contributed by atoms with Gasteiger partial charge in [0.15, 0.2) is 5.82 Å². The molecule has 2 aromatic carbocycles. The van der Waals surface area contributed by atoms with Crippen molar-refractivity contribution in [3.8, 4) is 28.7 Å². The standard InChI is InChI=1S/C21H18N4/c1-14-4-2-3-5-17(14)20-18-13-23-11-10-19(18)24-21(25-20)16-8-6-15(12-22)7-9-16/h2-9,23H,10-11,13H2,1H3. The van der Waals surface area contributed by atoms with Crippen LogP contribution in [0.25, 0.3) is 22.6 Å². The quantitative estimate of drug-likeness (QED) is 0.781. The normalized spacial score (nSPS) is 13.1. The second-order valence-electron chi connectivity index (χ2n) is 6.25. The van der Waals surface area contributed by atoms with Gasteiger partial charge in [-0.15, -0.1) is 0 Å². The molecule has 3 aromatic rings. The molecule has 0 radical (unpaired) electrons. The number of nitrogens with zero attached hydrogens (tertiary/aromatic N) is 3. The summed E-state index contributed by atoms with van der Waals surface area (Å²) in [5.41, 5.74) is 7.26. The average molecular weight is 326 g/mol. The van der Waals surface area contributed by atoms with Crippen LogP contribution >= 0.6 is 0 Å². The zero-order chi connectivity index (χ0) is 17.2. The van der Waals surface area contributed by atoms with Gasteiger partial charge in [0.2, 0.25) is 0 Å². The summed E-state index contributed by atoms with van der Waals surface area (Å²) in [5.74, 6) is 0.725. The molecular weight excluding hydrogens is 308 g/mol. The highest BCUT2D eigenvalue weighted by Gasteiger charge is 2.20. The first-order valence-corrected chi connectivity index (χ1v) is 8.43. The summed E-state index contributed by atoms with van der Waals surface area (Å²) < 4.78 is 0. The van der Waals surface area contributed by atoms with Gasteiger partial charge in [0.1, 0.15) is 0 Å². The number of nitrogens with one attached hydrogen (secondary N) is 1. The van der Waals surface area contributed by atoms with Gasteiger partial charge in [-0.3, -0.25) is 0 Å². The molecule has 0 spiro atoms. The van der Waals surface area contributed by atoms with Gasteiger partial charge in [-0.1, -0.05) is 24.3 Å². The van der Waals surface area contributed by atoms with Crippen molar-refractivity contribution in [3.63, 3.8) is 0 Å². The van der Waals surface area contributed by atoms with E-state index in [1.807, 2.05) is 30.3 Å². The molecule has 0 saturated heterocycles. The highest BCUT2D eigenvalue weighted by atomic mass is 15.0. The lowest BCUT2D eigenvalue weighted by atomic mass is 9.97. The molecule has 0 bridgehead atoms. The summed E-state index contributed by atoms with van der Waals surface area (Å²) in [5, 5.41) is 12.4. The van der Waals surface area contributed by atoms with Crippen molar-refractivity contribution in [2.75, 3.05) is 6.54 Å². The molecule has 122 valence electrons. The lowest BCUT2D eigenvalue weighted by Crippen LogP contribution is -2.26. The molecule has 2 heterocycles. The van der Waals surface area contributed by atoms with Crippen LogP contribution in [0, 0.1) is 18.3 Å². The van der Waals surface area contributed by atoms with Gasteiger partial charge in [0.25, 0.3) is 0 Å². The predicted molar refractivity (Wildman–Crippen MR) is 97.8 cm³/mol. The Morgan fingerprint density at radius 3 is 2.60 bits per heavy atom.